The molecule has 0 amide bonds. The van der Waals surface area contributed by atoms with Crippen molar-refractivity contribution in [2.24, 2.45) is 0 Å². The van der Waals surface area contributed by atoms with Crippen LogP contribution in [0.5, 0.6) is 0 Å². The first kappa shape index (κ1) is 9.99. The average molecular weight is 210 g/mol. The third-order valence-electron chi connectivity index (χ3n) is 2.02. The number of nitrogen functional groups attached to an aromatic ring is 1. The van der Waals surface area contributed by atoms with Crippen molar-refractivity contribution >= 4 is 17.2 Å². The summed E-state index contributed by atoms with van der Waals surface area (Å²) in [6, 6.07) is 14.6. The first-order chi connectivity index (χ1) is 7.78. The van der Waals surface area contributed by atoms with E-state index in [4.69, 9.17) is 11.0 Å². The number of pyridine rings is 1. The predicted octanol–water partition coefficient (Wildman–Crippen LogP) is 2.28. The summed E-state index contributed by atoms with van der Waals surface area (Å²) >= 11 is 0. The number of nitrogens with zero attached hydrogens (tertiary/aromatic N) is 2. The van der Waals surface area contributed by atoms with E-state index in [-0.39, 0.29) is 0 Å². The molecule has 0 saturated carbocycles. The van der Waals surface area contributed by atoms with E-state index in [9.17, 15) is 0 Å². The molecule has 2 aromatic rings. The molecule has 0 aliphatic heterocycles. The molecule has 3 N–H and O–H groups in total. The van der Waals surface area contributed by atoms with E-state index in [0.29, 0.717) is 17.2 Å². The van der Waals surface area contributed by atoms with Gasteiger partial charge >= 0.3 is 0 Å². The highest BCUT2D eigenvalue weighted by atomic mass is 15.0. The Labute approximate surface area is 93.4 Å². The van der Waals surface area contributed by atoms with Gasteiger partial charge in [-0.2, -0.15) is 5.26 Å². The number of aromatic nitrogens is 1. The van der Waals surface area contributed by atoms with Crippen molar-refractivity contribution < 1.29 is 0 Å². The van der Waals surface area contributed by atoms with Gasteiger partial charge < -0.3 is 11.1 Å². The fraction of sp³-hybridized carbons (Fsp3) is 0. The maximum atomic E-state index is 8.71. The highest BCUT2D eigenvalue weighted by molar-refractivity contribution is 5.61. The third kappa shape index (κ3) is 2.28. The Bertz CT molecular complexity index is 543. The molecule has 0 saturated heterocycles. The topological polar surface area (TPSA) is 74.7 Å². The minimum absolute atomic E-state index is 0.383. The quantitative estimate of drug-likeness (QED) is 0.745. The number of rotatable bonds is 2. The summed E-state index contributed by atoms with van der Waals surface area (Å²) in [5, 5.41) is 11.8. The third-order valence-corrected chi connectivity index (χ3v) is 2.02. The Kier molecular flexibility index (Phi) is 2.70. The predicted molar refractivity (Wildman–Crippen MR) is 63.1 cm³/mol. The van der Waals surface area contributed by atoms with Crippen LogP contribution in [0, 0.1) is 11.3 Å². The standard InChI is InChI=1S/C12H10N4/c13-8-11-5-2-6-12(16-11)15-10-4-1-3-9(14)7-10/h1-7H,14H2,(H,15,16). The van der Waals surface area contributed by atoms with Gasteiger partial charge in [-0.1, -0.05) is 12.1 Å². The van der Waals surface area contributed by atoms with Gasteiger partial charge in [0.05, 0.1) is 0 Å². The number of anilines is 3. The lowest BCUT2D eigenvalue weighted by Gasteiger charge is -2.05. The Morgan fingerprint density at radius 1 is 1.19 bits per heavy atom. The molecule has 4 nitrogen and oxygen atoms in total. The Balaban J connectivity index is 2.24. The molecule has 0 radical (unpaired) electrons. The van der Waals surface area contributed by atoms with E-state index in [0.717, 1.165) is 5.69 Å². The highest BCUT2D eigenvalue weighted by Crippen LogP contribution is 2.16. The summed E-state index contributed by atoms with van der Waals surface area (Å²) in [5.41, 5.74) is 7.57. The van der Waals surface area contributed by atoms with Crippen LogP contribution in [0.2, 0.25) is 0 Å². The Hall–Kier alpha value is -2.54. The lowest BCUT2D eigenvalue weighted by molar-refractivity contribution is 1.25. The normalized spacial score (nSPS) is 9.44. The molecule has 16 heavy (non-hydrogen) atoms. The van der Waals surface area contributed by atoms with Crippen molar-refractivity contribution in [2.45, 2.75) is 0 Å². The monoisotopic (exact) mass is 210 g/mol. The van der Waals surface area contributed by atoms with E-state index < -0.39 is 0 Å². The molecule has 0 spiro atoms. The number of nitrogens with two attached hydrogens (primary N) is 1. The van der Waals surface area contributed by atoms with Crippen LogP contribution in [0.4, 0.5) is 17.2 Å². The first-order valence-corrected chi connectivity index (χ1v) is 4.77. The molecule has 0 aliphatic rings. The van der Waals surface area contributed by atoms with Crippen molar-refractivity contribution in [1.82, 2.24) is 4.98 Å². The average Bonchev–Trinajstić information content (AvgIpc) is 2.29. The van der Waals surface area contributed by atoms with Crippen LogP contribution in [0.3, 0.4) is 0 Å². The first-order valence-electron chi connectivity index (χ1n) is 4.77. The van der Waals surface area contributed by atoms with E-state index in [1.54, 1.807) is 24.3 Å². The van der Waals surface area contributed by atoms with E-state index >= 15 is 0 Å². The van der Waals surface area contributed by atoms with Gasteiger partial charge in [-0.15, -0.1) is 0 Å². The summed E-state index contributed by atoms with van der Waals surface area (Å²) in [4.78, 5) is 4.10. The summed E-state index contributed by atoms with van der Waals surface area (Å²) in [7, 11) is 0. The Morgan fingerprint density at radius 3 is 2.75 bits per heavy atom. The molecule has 4 heteroatoms. The fourth-order valence-corrected chi connectivity index (χ4v) is 1.33. The van der Waals surface area contributed by atoms with Crippen LogP contribution in [0.1, 0.15) is 5.69 Å². The summed E-state index contributed by atoms with van der Waals surface area (Å²) in [6.07, 6.45) is 0. The molecular weight excluding hydrogens is 200 g/mol. The minimum atomic E-state index is 0.383. The van der Waals surface area contributed by atoms with Crippen LogP contribution < -0.4 is 11.1 Å². The van der Waals surface area contributed by atoms with Crippen LogP contribution in [0.15, 0.2) is 42.5 Å². The molecule has 0 bridgehead atoms. The van der Waals surface area contributed by atoms with Gasteiger partial charge in [0.2, 0.25) is 0 Å². The van der Waals surface area contributed by atoms with Gasteiger partial charge in [-0.25, -0.2) is 4.98 Å². The van der Waals surface area contributed by atoms with Crippen molar-refractivity contribution in [1.29, 1.82) is 5.26 Å². The molecule has 0 aliphatic carbocycles. The van der Waals surface area contributed by atoms with Gasteiger partial charge in [0, 0.05) is 11.4 Å². The molecule has 1 heterocycles. The Morgan fingerprint density at radius 2 is 2.00 bits per heavy atom. The smallest absolute Gasteiger partial charge is 0.142 e. The highest BCUT2D eigenvalue weighted by Gasteiger charge is 1.97. The van der Waals surface area contributed by atoms with Crippen LogP contribution >= 0.6 is 0 Å². The second kappa shape index (κ2) is 4.32. The summed E-state index contributed by atoms with van der Waals surface area (Å²) < 4.78 is 0. The molecule has 78 valence electrons. The fourth-order valence-electron chi connectivity index (χ4n) is 1.33. The van der Waals surface area contributed by atoms with Gasteiger partial charge in [0.15, 0.2) is 0 Å². The van der Waals surface area contributed by atoms with Gasteiger partial charge in [-0.3, -0.25) is 0 Å². The number of hydrogen-bond acceptors (Lipinski definition) is 4. The van der Waals surface area contributed by atoms with Crippen molar-refractivity contribution in [3.05, 3.63) is 48.2 Å². The summed E-state index contributed by atoms with van der Waals surface area (Å²) in [6.45, 7) is 0. The maximum absolute atomic E-state index is 8.71. The molecule has 1 aromatic heterocycles. The van der Waals surface area contributed by atoms with E-state index in [1.165, 1.54) is 0 Å². The lowest BCUT2D eigenvalue weighted by atomic mass is 10.3. The SMILES string of the molecule is N#Cc1cccc(Nc2cccc(N)c2)n1. The van der Waals surface area contributed by atoms with Crippen molar-refractivity contribution in [3.8, 4) is 6.07 Å². The summed E-state index contributed by atoms with van der Waals surface area (Å²) in [5.74, 6) is 0.629. The second-order valence-corrected chi connectivity index (χ2v) is 3.27. The maximum Gasteiger partial charge on any atom is 0.142 e. The van der Waals surface area contributed by atoms with Crippen LogP contribution in [0.25, 0.3) is 0 Å². The molecule has 2 rings (SSSR count). The van der Waals surface area contributed by atoms with E-state index in [2.05, 4.69) is 10.3 Å². The number of nitriles is 1. The van der Waals surface area contributed by atoms with Gasteiger partial charge in [0.25, 0.3) is 0 Å². The molecule has 0 atom stereocenters. The zero-order valence-electron chi connectivity index (χ0n) is 8.51. The second-order valence-electron chi connectivity index (χ2n) is 3.27. The molecule has 1 aromatic carbocycles. The zero-order chi connectivity index (χ0) is 11.4. The molecule has 0 unspecified atom stereocenters. The zero-order valence-corrected chi connectivity index (χ0v) is 8.51. The van der Waals surface area contributed by atoms with Gasteiger partial charge in [0.1, 0.15) is 17.6 Å². The number of benzene rings is 1. The lowest BCUT2D eigenvalue weighted by Crippen LogP contribution is -1.95. The van der Waals surface area contributed by atoms with Crippen molar-refractivity contribution in [3.63, 3.8) is 0 Å². The van der Waals surface area contributed by atoms with E-state index in [1.807, 2.05) is 24.3 Å². The molecule has 0 fully saturated rings. The molecular formula is C12H10N4. The number of nitrogens with one attached hydrogen (secondary N) is 1. The minimum Gasteiger partial charge on any atom is -0.399 e. The number of hydrogen-bond donors (Lipinski definition) is 2. The van der Waals surface area contributed by atoms with Gasteiger partial charge in [-0.05, 0) is 30.3 Å². The largest absolute Gasteiger partial charge is 0.399 e. The van der Waals surface area contributed by atoms with Crippen LogP contribution in [-0.4, -0.2) is 4.98 Å². The van der Waals surface area contributed by atoms with Crippen LogP contribution in [-0.2, 0) is 0 Å². The van der Waals surface area contributed by atoms with Crippen molar-refractivity contribution in [2.75, 3.05) is 11.1 Å².